The van der Waals surface area contributed by atoms with Gasteiger partial charge in [0.2, 0.25) is 0 Å². The number of halogens is 1. The average Bonchev–Trinajstić information content (AvgIpc) is 3.09. The van der Waals surface area contributed by atoms with E-state index in [2.05, 4.69) is 40.2 Å². The lowest BCUT2D eigenvalue weighted by Gasteiger charge is -2.41. The van der Waals surface area contributed by atoms with Crippen molar-refractivity contribution in [1.29, 1.82) is 0 Å². The Bertz CT molecular complexity index is 1030. The Morgan fingerprint density at radius 2 is 1.72 bits per heavy atom. The second-order valence-electron chi connectivity index (χ2n) is 8.66. The van der Waals surface area contributed by atoms with Gasteiger partial charge in [-0.2, -0.15) is 0 Å². The van der Waals surface area contributed by atoms with Crippen molar-refractivity contribution in [2.45, 2.75) is 56.5 Å². The Hall–Kier alpha value is -2.04. The summed E-state index contributed by atoms with van der Waals surface area (Å²) in [7, 11) is 0. The number of hydrogen-bond acceptors (Lipinski definition) is 2. The first-order valence-electron chi connectivity index (χ1n) is 10.9. The molecule has 152 valence electrons. The Morgan fingerprint density at radius 1 is 0.931 bits per heavy atom. The summed E-state index contributed by atoms with van der Waals surface area (Å²) in [5, 5.41) is 0.658. The lowest BCUT2D eigenvalue weighted by atomic mass is 9.80. The summed E-state index contributed by atoms with van der Waals surface area (Å²) in [5.74, 6) is 0.689. The van der Waals surface area contributed by atoms with Gasteiger partial charge in [0, 0.05) is 30.2 Å². The third-order valence-electron chi connectivity index (χ3n) is 6.98. The van der Waals surface area contributed by atoms with E-state index in [1.165, 1.54) is 31.2 Å². The zero-order valence-corrected chi connectivity index (χ0v) is 17.4. The van der Waals surface area contributed by atoms with Crippen LogP contribution in [0.3, 0.4) is 0 Å². The quantitative estimate of drug-likeness (QED) is 0.633. The van der Waals surface area contributed by atoms with Gasteiger partial charge in [-0.15, -0.1) is 0 Å². The van der Waals surface area contributed by atoms with Crippen LogP contribution in [0.15, 0.2) is 53.3 Å². The van der Waals surface area contributed by atoms with E-state index in [4.69, 9.17) is 11.6 Å². The van der Waals surface area contributed by atoms with Gasteiger partial charge in [0.1, 0.15) is 0 Å². The Morgan fingerprint density at radius 3 is 2.52 bits per heavy atom. The molecule has 0 amide bonds. The Balaban J connectivity index is 1.27. The molecular weight excluding hydrogens is 382 g/mol. The molecule has 2 aromatic carbocycles. The monoisotopic (exact) mass is 409 g/mol. The molecule has 0 bridgehead atoms. The van der Waals surface area contributed by atoms with Crippen LogP contribution in [0.25, 0.3) is 11.0 Å². The van der Waals surface area contributed by atoms with Crippen LogP contribution in [0.1, 0.15) is 56.0 Å². The molecule has 0 radical (unpaired) electrons. The van der Waals surface area contributed by atoms with Crippen LogP contribution in [0, 0.1) is 0 Å². The zero-order valence-electron chi connectivity index (χ0n) is 16.7. The number of imidazole rings is 1. The molecule has 2 fully saturated rings. The van der Waals surface area contributed by atoms with E-state index in [0.717, 1.165) is 37.0 Å². The highest BCUT2D eigenvalue weighted by Crippen LogP contribution is 2.37. The molecule has 1 aliphatic heterocycles. The molecule has 2 heterocycles. The van der Waals surface area contributed by atoms with E-state index in [-0.39, 0.29) is 11.7 Å². The van der Waals surface area contributed by atoms with Gasteiger partial charge in [-0.3, -0.25) is 4.57 Å². The molecule has 1 aliphatic carbocycles. The first-order chi connectivity index (χ1) is 14.2. The molecule has 1 saturated carbocycles. The smallest absolute Gasteiger partial charge is 0.305 e. The lowest BCUT2D eigenvalue weighted by Crippen LogP contribution is -2.44. The number of nitrogens with zero attached hydrogens (tertiary/aromatic N) is 2. The lowest BCUT2D eigenvalue weighted by molar-refractivity contribution is 0.103. The molecule has 5 rings (SSSR count). The van der Waals surface area contributed by atoms with Crippen LogP contribution in [0.5, 0.6) is 0 Å². The molecule has 2 unspecified atom stereocenters. The van der Waals surface area contributed by atoms with Crippen molar-refractivity contribution in [2.24, 2.45) is 0 Å². The molecule has 3 aromatic rings. The number of benzene rings is 2. The first-order valence-corrected chi connectivity index (χ1v) is 11.3. The van der Waals surface area contributed by atoms with E-state index < -0.39 is 0 Å². The highest BCUT2D eigenvalue weighted by atomic mass is 35.5. The number of hydrogen-bond donors (Lipinski definition) is 1. The van der Waals surface area contributed by atoms with Gasteiger partial charge in [0.25, 0.3) is 0 Å². The topological polar surface area (TPSA) is 41.0 Å². The van der Waals surface area contributed by atoms with Crippen LogP contribution in [0.4, 0.5) is 0 Å². The summed E-state index contributed by atoms with van der Waals surface area (Å²) in [6.07, 6.45) is 7.25. The van der Waals surface area contributed by atoms with Crippen molar-refractivity contribution in [3.63, 3.8) is 0 Å². The molecule has 29 heavy (non-hydrogen) atoms. The summed E-state index contributed by atoms with van der Waals surface area (Å²) in [6, 6.07) is 17.6. The predicted octanol–water partition coefficient (Wildman–Crippen LogP) is 5.35. The molecule has 1 N–H and O–H groups in total. The zero-order chi connectivity index (χ0) is 19.8. The van der Waals surface area contributed by atoms with Crippen LogP contribution in [-0.4, -0.2) is 33.6 Å². The van der Waals surface area contributed by atoms with Crippen molar-refractivity contribution in [3.8, 4) is 0 Å². The largest absolute Gasteiger partial charge is 0.326 e. The number of rotatable bonds is 3. The summed E-state index contributed by atoms with van der Waals surface area (Å²) in [4.78, 5) is 18.2. The van der Waals surface area contributed by atoms with Gasteiger partial charge in [-0.25, -0.2) is 4.79 Å². The van der Waals surface area contributed by atoms with Gasteiger partial charge < -0.3 is 9.88 Å². The third kappa shape index (κ3) is 3.76. The molecule has 0 spiro atoms. The van der Waals surface area contributed by atoms with Gasteiger partial charge >= 0.3 is 5.69 Å². The van der Waals surface area contributed by atoms with E-state index in [1.54, 1.807) is 0 Å². The SMILES string of the molecule is O=c1[nH]c2cc(Cl)ccc2n1C1CCN(C2CCCC(c3ccccc3)C2)CC1. The molecule has 4 nitrogen and oxygen atoms in total. The van der Waals surface area contributed by atoms with E-state index in [1.807, 2.05) is 22.8 Å². The predicted molar refractivity (Wildman–Crippen MR) is 119 cm³/mol. The number of nitrogens with one attached hydrogen (secondary N) is 1. The van der Waals surface area contributed by atoms with Crippen molar-refractivity contribution in [1.82, 2.24) is 14.5 Å². The van der Waals surface area contributed by atoms with Crippen LogP contribution in [-0.2, 0) is 0 Å². The van der Waals surface area contributed by atoms with E-state index >= 15 is 0 Å². The number of H-pyrrole nitrogens is 1. The van der Waals surface area contributed by atoms with Crippen LogP contribution >= 0.6 is 11.6 Å². The highest BCUT2D eigenvalue weighted by Gasteiger charge is 2.31. The molecule has 2 aliphatic rings. The maximum absolute atomic E-state index is 12.6. The van der Waals surface area contributed by atoms with Crippen molar-refractivity contribution >= 4 is 22.6 Å². The summed E-state index contributed by atoms with van der Waals surface area (Å²) < 4.78 is 1.96. The number of piperidine rings is 1. The molecule has 2 atom stereocenters. The van der Waals surface area contributed by atoms with Gasteiger partial charge in [0.05, 0.1) is 11.0 Å². The van der Waals surface area contributed by atoms with Crippen LogP contribution in [0.2, 0.25) is 5.02 Å². The number of fused-ring (bicyclic) bond motifs is 1. The summed E-state index contributed by atoms with van der Waals surface area (Å²) in [5.41, 5.74) is 3.29. The van der Waals surface area contributed by atoms with E-state index in [9.17, 15) is 4.79 Å². The maximum Gasteiger partial charge on any atom is 0.326 e. The fourth-order valence-corrected chi connectivity index (χ4v) is 5.67. The summed E-state index contributed by atoms with van der Waals surface area (Å²) >= 11 is 6.09. The van der Waals surface area contributed by atoms with Crippen molar-refractivity contribution in [3.05, 3.63) is 69.6 Å². The fourth-order valence-electron chi connectivity index (χ4n) is 5.50. The highest BCUT2D eigenvalue weighted by molar-refractivity contribution is 6.31. The van der Waals surface area contributed by atoms with E-state index in [0.29, 0.717) is 17.0 Å². The minimum absolute atomic E-state index is 0.0116. The maximum atomic E-state index is 12.6. The fraction of sp³-hybridized carbons (Fsp3) is 0.458. The van der Waals surface area contributed by atoms with Crippen LogP contribution < -0.4 is 5.69 Å². The number of aromatic amines is 1. The van der Waals surface area contributed by atoms with Crippen molar-refractivity contribution < 1.29 is 0 Å². The minimum Gasteiger partial charge on any atom is -0.305 e. The van der Waals surface area contributed by atoms with Crippen molar-refractivity contribution in [2.75, 3.05) is 13.1 Å². The normalized spacial score (nSPS) is 24.2. The number of aromatic nitrogens is 2. The summed E-state index contributed by atoms with van der Waals surface area (Å²) in [6.45, 7) is 2.15. The standard InChI is InChI=1S/C24H28ClN3O/c25-19-9-10-23-22(16-19)26-24(29)28(23)20-11-13-27(14-12-20)21-8-4-7-18(15-21)17-5-2-1-3-6-17/h1-3,5-6,9-10,16,18,20-21H,4,7-8,11-15H2,(H,26,29). The van der Waals surface area contributed by atoms with Gasteiger partial charge in [0.15, 0.2) is 0 Å². The Kier molecular flexibility index (Phi) is 5.23. The second kappa shape index (κ2) is 8.00. The molecular formula is C24H28ClN3O. The average molecular weight is 410 g/mol. The second-order valence-corrected chi connectivity index (χ2v) is 9.09. The molecule has 1 saturated heterocycles. The minimum atomic E-state index is -0.0116. The Labute approximate surface area is 176 Å². The number of likely N-dealkylation sites (tertiary alicyclic amines) is 1. The third-order valence-corrected chi connectivity index (χ3v) is 7.21. The van der Waals surface area contributed by atoms with Gasteiger partial charge in [-0.05, 0) is 61.8 Å². The molecule has 1 aromatic heterocycles. The van der Waals surface area contributed by atoms with Gasteiger partial charge in [-0.1, -0.05) is 48.4 Å². The first kappa shape index (κ1) is 19.0. The molecule has 5 heteroatoms.